The van der Waals surface area contributed by atoms with E-state index in [-0.39, 0.29) is 28.4 Å². The molecule has 0 aromatic heterocycles. The number of imide groups is 1. The summed E-state index contributed by atoms with van der Waals surface area (Å²) in [5.41, 5.74) is 2.36. The van der Waals surface area contributed by atoms with E-state index in [1.54, 1.807) is 38.1 Å². The number of hydrogen-bond acceptors (Lipinski definition) is 6. The molecule has 0 saturated heterocycles. The summed E-state index contributed by atoms with van der Waals surface area (Å²) in [5.74, 6) is -2.08. The number of hydrogen-bond donors (Lipinski definition) is 2. The molecule has 9 heteroatoms. The molecule has 0 fully saturated rings. The predicted molar refractivity (Wildman–Crippen MR) is 140 cm³/mol. The number of halogens is 1. The van der Waals surface area contributed by atoms with Gasteiger partial charge in [-0.25, -0.2) is 9.69 Å². The predicted octanol–water partition coefficient (Wildman–Crippen LogP) is 4.62. The van der Waals surface area contributed by atoms with Crippen molar-refractivity contribution in [2.24, 2.45) is 0 Å². The fourth-order valence-electron chi connectivity index (χ4n) is 3.60. The SMILES string of the molecule is CC(C)OC(=O)c1ccc(N2C(=O)C(Cl)=C(Nc3ccc(C(=O)NCc4ccccc4)cc3)C2=O)cc1. The Morgan fingerprint density at radius 1 is 0.865 bits per heavy atom. The number of anilines is 2. The van der Waals surface area contributed by atoms with Crippen LogP contribution in [0, 0.1) is 0 Å². The smallest absolute Gasteiger partial charge is 0.338 e. The number of esters is 1. The normalized spacial score (nSPS) is 13.2. The first-order valence-electron chi connectivity index (χ1n) is 11.5. The number of carbonyl (C=O) groups excluding carboxylic acids is 4. The van der Waals surface area contributed by atoms with E-state index in [1.165, 1.54) is 24.3 Å². The molecule has 4 rings (SSSR count). The molecule has 0 atom stereocenters. The molecule has 3 aromatic rings. The Morgan fingerprint density at radius 2 is 1.49 bits per heavy atom. The summed E-state index contributed by atoms with van der Waals surface area (Å²) in [6, 6.07) is 21.9. The van der Waals surface area contributed by atoms with Crippen LogP contribution in [0.1, 0.15) is 40.1 Å². The first-order chi connectivity index (χ1) is 17.7. The minimum Gasteiger partial charge on any atom is -0.459 e. The quantitative estimate of drug-likeness (QED) is 0.334. The average molecular weight is 518 g/mol. The van der Waals surface area contributed by atoms with Crippen LogP contribution in [0.4, 0.5) is 11.4 Å². The van der Waals surface area contributed by atoms with Gasteiger partial charge in [0.25, 0.3) is 17.7 Å². The highest BCUT2D eigenvalue weighted by atomic mass is 35.5. The molecule has 0 aliphatic carbocycles. The maximum Gasteiger partial charge on any atom is 0.338 e. The lowest BCUT2D eigenvalue weighted by Crippen LogP contribution is -2.32. The Labute approximate surface area is 218 Å². The molecule has 188 valence electrons. The van der Waals surface area contributed by atoms with Gasteiger partial charge in [0.1, 0.15) is 10.7 Å². The molecular formula is C28H24ClN3O5. The van der Waals surface area contributed by atoms with E-state index < -0.39 is 17.8 Å². The van der Waals surface area contributed by atoms with Crippen molar-refractivity contribution in [1.82, 2.24) is 5.32 Å². The van der Waals surface area contributed by atoms with Crippen molar-refractivity contribution in [2.45, 2.75) is 26.5 Å². The van der Waals surface area contributed by atoms with E-state index in [0.717, 1.165) is 10.5 Å². The zero-order chi connectivity index (χ0) is 26.5. The highest BCUT2D eigenvalue weighted by Gasteiger charge is 2.39. The molecule has 0 spiro atoms. The van der Waals surface area contributed by atoms with E-state index in [1.807, 2.05) is 30.3 Å². The Kier molecular flexibility index (Phi) is 7.69. The first-order valence-corrected chi connectivity index (χ1v) is 11.9. The lowest BCUT2D eigenvalue weighted by atomic mass is 10.1. The molecule has 3 aromatic carbocycles. The van der Waals surface area contributed by atoms with Crippen LogP contribution in [0.25, 0.3) is 0 Å². The lowest BCUT2D eigenvalue weighted by molar-refractivity contribution is -0.120. The highest BCUT2D eigenvalue weighted by Crippen LogP contribution is 2.30. The molecule has 1 aliphatic heterocycles. The molecule has 1 aliphatic rings. The zero-order valence-corrected chi connectivity index (χ0v) is 20.9. The van der Waals surface area contributed by atoms with Gasteiger partial charge >= 0.3 is 5.97 Å². The molecule has 2 N–H and O–H groups in total. The van der Waals surface area contributed by atoms with Gasteiger partial charge in [0.2, 0.25) is 0 Å². The molecule has 0 unspecified atom stereocenters. The second-order valence-electron chi connectivity index (χ2n) is 8.51. The molecule has 0 radical (unpaired) electrons. The van der Waals surface area contributed by atoms with Crippen molar-refractivity contribution >= 4 is 46.7 Å². The number of carbonyl (C=O) groups is 4. The molecule has 3 amide bonds. The van der Waals surface area contributed by atoms with Crippen molar-refractivity contribution < 1.29 is 23.9 Å². The molecule has 0 bridgehead atoms. The molecule has 0 saturated carbocycles. The number of rotatable bonds is 8. The van der Waals surface area contributed by atoms with Gasteiger partial charge in [-0.15, -0.1) is 0 Å². The summed E-state index contributed by atoms with van der Waals surface area (Å²) in [5, 5.41) is 5.46. The number of nitrogens with zero attached hydrogens (tertiary/aromatic N) is 1. The second kappa shape index (κ2) is 11.1. The largest absolute Gasteiger partial charge is 0.459 e. The molecular weight excluding hydrogens is 494 g/mol. The third kappa shape index (κ3) is 5.87. The van der Waals surface area contributed by atoms with Crippen molar-refractivity contribution in [3.8, 4) is 0 Å². The maximum absolute atomic E-state index is 13.0. The molecule has 8 nitrogen and oxygen atoms in total. The monoisotopic (exact) mass is 517 g/mol. The number of ether oxygens (including phenoxy) is 1. The lowest BCUT2D eigenvalue weighted by Gasteiger charge is -2.16. The topological polar surface area (TPSA) is 105 Å². The van der Waals surface area contributed by atoms with Crippen LogP contribution in [-0.2, 0) is 20.9 Å². The van der Waals surface area contributed by atoms with E-state index in [0.29, 0.717) is 23.4 Å². The summed E-state index contributed by atoms with van der Waals surface area (Å²) in [7, 11) is 0. The van der Waals surface area contributed by atoms with Crippen LogP contribution in [0.3, 0.4) is 0 Å². The molecule has 1 heterocycles. The van der Waals surface area contributed by atoms with Crippen LogP contribution in [-0.4, -0.2) is 29.8 Å². The Balaban J connectivity index is 1.41. The van der Waals surface area contributed by atoms with Crippen molar-refractivity contribution in [3.05, 3.63) is 106 Å². The Morgan fingerprint density at radius 3 is 2.11 bits per heavy atom. The third-order valence-electron chi connectivity index (χ3n) is 5.44. The average Bonchev–Trinajstić information content (AvgIpc) is 3.11. The van der Waals surface area contributed by atoms with Gasteiger partial charge in [-0.05, 0) is 67.9 Å². The summed E-state index contributed by atoms with van der Waals surface area (Å²) in [4.78, 5) is 51.2. The number of amides is 3. The van der Waals surface area contributed by atoms with Crippen molar-refractivity contribution in [1.29, 1.82) is 0 Å². The van der Waals surface area contributed by atoms with Gasteiger partial charge in [-0.2, -0.15) is 0 Å². The fourth-order valence-corrected chi connectivity index (χ4v) is 3.82. The van der Waals surface area contributed by atoms with Crippen molar-refractivity contribution in [3.63, 3.8) is 0 Å². The Hall–Kier alpha value is -4.43. The van der Waals surface area contributed by atoms with Gasteiger partial charge in [-0.1, -0.05) is 41.9 Å². The number of nitrogens with one attached hydrogen (secondary N) is 2. The van der Waals surface area contributed by atoms with Crippen LogP contribution in [0.5, 0.6) is 0 Å². The van der Waals surface area contributed by atoms with Gasteiger partial charge in [0.15, 0.2) is 0 Å². The van der Waals surface area contributed by atoms with Gasteiger partial charge in [-0.3, -0.25) is 14.4 Å². The zero-order valence-electron chi connectivity index (χ0n) is 20.2. The fraction of sp³-hybridized carbons (Fsp3) is 0.143. The van der Waals surface area contributed by atoms with Crippen LogP contribution in [0.2, 0.25) is 0 Å². The van der Waals surface area contributed by atoms with Crippen LogP contribution in [0.15, 0.2) is 89.6 Å². The molecule has 37 heavy (non-hydrogen) atoms. The third-order valence-corrected chi connectivity index (χ3v) is 5.79. The summed E-state index contributed by atoms with van der Waals surface area (Å²) in [6.07, 6.45) is -0.275. The maximum atomic E-state index is 13.0. The van der Waals surface area contributed by atoms with Crippen LogP contribution < -0.4 is 15.5 Å². The van der Waals surface area contributed by atoms with E-state index >= 15 is 0 Å². The number of benzene rings is 3. The van der Waals surface area contributed by atoms with E-state index in [2.05, 4.69) is 10.6 Å². The van der Waals surface area contributed by atoms with Gasteiger partial charge in [0.05, 0.1) is 17.4 Å². The Bertz CT molecular complexity index is 1370. The van der Waals surface area contributed by atoms with E-state index in [4.69, 9.17) is 16.3 Å². The summed E-state index contributed by atoms with van der Waals surface area (Å²) < 4.78 is 5.15. The minimum absolute atomic E-state index is 0.0868. The second-order valence-corrected chi connectivity index (χ2v) is 8.88. The first kappa shape index (κ1) is 25.7. The summed E-state index contributed by atoms with van der Waals surface area (Å²) in [6.45, 7) is 3.88. The van der Waals surface area contributed by atoms with E-state index in [9.17, 15) is 19.2 Å². The minimum atomic E-state index is -0.691. The van der Waals surface area contributed by atoms with Crippen molar-refractivity contribution in [2.75, 3.05) is 10.2 Å². The highest BCUT2D eigenvalue weighted by molar-refractivity contribution is 6.53. The summed E-state index contributed by atoms with van der Waals surface area (Å²) >= 11 is 6.21. The standard InChI is InChI=1S/C28H24ClN3O5/c1-17(2)37-28(36)20-10-14-22(15-11-20)32-26(34)23(29)24(27(32)35)31-21-12-8-19(9-13-21)25(33)30-16-18-6-4-3-5-7-18/h3-15,17,31H,16H2,1-2H3,(H,30,33). The van der Waals surface area contributed by atoms with Gasteiger partial charge in [0, 0.05) is 17.8 Å². The van der Waals surface area contributed by atoms with Gasteiger partial charge < -0.3 is 15.4 Å². The van der Waals surface area contributed by atoms with Crippen LogP contribution >= 0.6 is 11.6 Å².